The number of hydrogen-bond acceptors (Lipinski definition) is 6. The van der Waals surface area contributed by atoms with E-state index in [-0.39, 0.29) is 24.5 Å². The number of nitroso groups, excluding NO2 is 1. The number of ether oxygens (including phenoxy) is 1. The molecule has 0 radical (unpaired) electrons. The molecule has 0 heterocycles. The lowest BCUT2D eigenvalue weighted by atomic mass is 9.95. The number of methoxy groups -OCH3 is 1. The van der Waals surface area contributed by atoms with Crippen molar-refractivity contribution in [2.45, 2.75) is 13.0 Å². The summed E-state index contributed by atoms with van der Waals surface area (Å²) in [5.74, 6) is -0.794. The molecule has 0 aliphatic carbocycles. The Balaban J connectivity index is 2.55. The molecule has 0 aromatic heterocycles. The molecular weight excluding hydrogens is 286 g/mol. The molecule has 2 aromatic carbocycles. The van der Waals surface area contributed by atoms with Gasteiger partial charge in [-0.05, 0) is 28.8 Å². The van der Waals surface area contributed by atoms with Gasteiger partial charge < -0.3 is 14.9 Å². The number of aromatic hydroxyl groups is 2. The zero-order valence-corrected chi connectivity index (χ0v) is 11.9. The zero-order chi connectivity index (χ0) is 16.1. The molecule has 0 aliphatic rings. The summed E-state index contributed by atoms with van der Waals surface area (Å²) >= 11 is 0. The molecule has 0 bridgehead atoms. The quantitative estimate of drug-likeness (QED) is 0.654. The van der Waals surface area contributed by atoms with E-state index in [0.717, 1.165) is 0 Å². The Morgan fingerprint density at radius 3 is 2.68 bits per heavy atom. The van der Waals surface area contributed by atoms with Gasteiger partial charge >= 0.3 is 5.97 Å². The van der Waals surface area contributed by atoms with Crippen molar-refractivity contribution in [3.63, 3.8) is 0 Å². The van der Waals surface area contributed by atoms with Crippen molar-refractivity contribution in [2.75, 3.05) is 7.11 Å². The van der Waals surface area contributed by atoms with Gasteiger partial charge in [0.15, 0.2) is 0 Å². The zero-order valence-electron chi connectivity index (χ0n) is 11.9. The summed E-state index contributed by atoms with van der Waals surface area (Å²) in [4.78, 5) is 21.9. The van der Waals surface area contributed by atoms with E-state index < -0.39 is 5.97 Å². The number of nitrogens with zero attached hydrogens (tertiary/aromatic N) is 1. The molecular formula is C16H15NO5. The Labute approximate surface area is 127 Å². The van der Waals surface area contributed by atoms with Crippen LogP contribution in [0.3, 0.4) is 0 Å². The van der Waals surface area contributed by atoms with E-state index in [0.29, 0.717) is 22.3 Å². The molecule has 6 heteroatoms. The van der Waals surface area contributed by atoms with Crippen LogP contribution in [-0.2, 0) is 22.5 Å². The Bertz CT molecular complexity index is 712. The van der Waals surface area contributed by atoms with Crippen LogP contribution in [0.15, 0.2) is 41.6 Å². The normalized spacial score (nSPS) is 10.2. The van der Waals surface area contributed by atoms with Gasteiger partial charge in [-0.25, -0.2) is 0 Å². The second kappa shape index (κ2) is 6.71. The number of carbonyl (C=O) groups is 1. The van der Waals surface area contributed by atoms with Gasteiger partial charge in [0.1, 0.15) is 18.0 Å². The molecule has 2 rings (SSSR count). The van der Waals surface area contributed by atoms with E-state index in [1.54, 1.807) is 24.3 Å². The highest BCUT2D eigenvalue weighted by Crippen LogP contribution is 2.36. The van der Waals surface area contributed by atoms with Crippen molar-refractivity contribution in [3.8, 4) is 22.6 Å². The standard InChI is InChI=1S/C16H15NO5/c1-22-15(20)7-12-6-13(18)8-14(19)16(12)11-4-2-3-10(5-11)9-17-21/h2-6,8,18-19H,7,9H2,1H3. The molecule has 0 unspecified atom stereocenters. The van der Waals surface area contributed by atoms with E-state index in [9.17, 15) is 19.9 Å². The third-order valence-corrected chi connectivity index (χ3v) is 3.21. The molecule has 22 heavy (non-hydrogen) atoms. The molecule has 0 saturated carbocycles. The SMILES string of the molecule is COC(=O)Cc1cc(O)cc(O)c1-c1cccc(CN=O)c1. The number of benzene rings is 2. The number of phenolic OH excluding ortho intramolecular Hbond substituents is 2. The molecule has 0 aliphatic heterocycles. The van der Waals surface area contributed by atoms with Gasteiger partial charge in [0.2, 0.25) is 0 Å². The first-order chi connectivity index (χ1) is 10.5. The molecule has 6 nitrogen and oxygen atoms in total. The average Bonchev–Trinajstić information content (AvgIpc) is 2.47. The summed E-state index contributed by atoms with van der Waals surface area (Å²) < 4.78 is 4.63. The second-order valence-electron chi connectivity index (χ2n) is 4.74. The van der Waals surface area contributed by atoms with Crippen LogP contribution in [0.2, 0.25) is 0 Å². The van der Waals surface area contributed by atoms with Crippen LogP contribution in [0.25, 0.3) is 11.1 Å². The van der Waals surface area contributed by atoms with E-state index in [4.69, 9.17) is 0 Å². The number of hydrogen-bond donors (Lipinski definition) is 2. The van der Waals surface area contributed by atoms with Crippen LogP contribution in [-0.4, -0.2) is 23.3 Å². The smallest absolute Gasteiger partial charge is 0.310 e. The Kier molecular flexibility index (Phi) is 4.73. The van der Waals surface area contributed by atoms with Gasteiger partial charge in [-0.1, -0.05) is 23.4 Å². The minimum Gasteiger partial charge on any atom is -0.508 e. The molecule has 0 amide bonds. The fourth-order valence-electron chi connectivity index (χ4n) is 2.27. The highest BCUT2D eigenvalue weighted by atomic mass is 16.5. The van der Waals surface area contributed by atoms with Gasteiger partial charge in [0, 0.05) is 11.6 Å². The summed E-state index contributed by atoms with van der Waals surface area (Å²) in [6.45, 7) is 0.0129. The van der Waals surface area contributed by atoms with Crippen molar-refractivity contribution < 1.29 is 19.7 Å². The van der Waals surface area contributed by atoms with Crippen molar-refractivity contribution in [1.82, 2.24) is 0 Å². The number of phenols is 2. The highest BCUT2D eigenvalue weighted by molar-refractivity contribution is 5.81. The van der Waals surface area contributed by atoms with E-state index in [2.05, 4.69) is 9.91 Å². The summed E-state index contributed by atoms with van der Waals surface area (Å²) in [5.41, 5.74) is 2.15. The summed E-state index contributed by atoms with van der Waals surface area (Å²) in [5, 5.41) is 22.6. The monoisotopic (exact) mass is 301 g/mol. The van der Waals surface area contributed by atoms with Gasteiger partial charge in [-0.15, -0.1) is 0 Å². The molecule has 0 fully saturated rings. The van der Waals surface area contributed by atoms with Crippen LogP contribution in [0.5, 0.6) is 11.5 Å². The minimum absolute atomic E-state index is 0.0129. The maximum absolute atomic E-state index is 11.5. The lowest BCUT2D eigenvalue weighted by Crippen LogP contribution is -2.06. The maximum Gasteiger partial charge on any atom is 0.310 e. The van der Waals surface area contributed by atoms with Crippen LogP contribution in [0, 0.1) is 4.91 Å². The lowest BCUT2D eigenvalue weighted by molar-refractivity contribution is -0.139. The Morgan fingerprint density at radius 2 is 2.00 bits per heavy atom. The fourth-order valence-corrected chi connectivity index (χ4v) is 2.27. The van der Waals surface area contributed by atoms with Crippen LogP contribution in [0.1, 0.15) is 11.1 Å². The van der Waals surface area contributed by atoms with E-state index >= 15 is 0 Å². The molecule has 114 valence electrons. The number of carbonyl (C=O) groups excluding carboxylic acids is 1. The van der Waals surface area contributed by atoms with Gasteiger partial charge in [-0.2, -0.15) is 4.91 Å². The minimum atomic E-state index is -0.489. The molecule has 0 saturated heterocycles. The van der Waals surface area contributed by atoms with Crippen molar-refractivity contribution >= 4 is 5.97 Å². The Hall–Kier alpha value is -2.89. The number of rotatable bonds is 5. The van der Waals surface area contributed by atoms with E-state index in [1.807, 2.05) is 0 Å². The second-order valence-corrected chi connectivity index (χ2v) is 4.74. The maximum atomic E-state index is 11.5. The largest absolute Gasteiger partial charge is 0.508 e. The van der Waals surface area contributed by atoms with E-state index in [1.165, 1.54) is 19.2 Å². The first-order valence-electron chi connectivity index (χ1n) is 6.55. The first kappa shape index (κ1) is 15.5. The predicted molar refractivity (Wildman–Crippen MR) is 80.4 cm³/mol. The van der Waals surface area contributed by atoms with Gasteiger partial charge in [0.05, 0.1) is 13.5 Å². The molecule has 0 spiro atoms. The van der Waals surface area contributed by atoms with Crippen LogP contribution in [0.4, 0.5) is 0 Å². The molecule has 2 aromatic rings. The molecule has 2 N–H and O–H groups in total. The fraction of sp³-hybridized carbons (Fsp3) is 0.188. The topological polar surface area (TPSA) is 96.2 Å². The number of esters is 1. The van der Waals surface area contributed by atoms with Gasteiger partial charge in [0.25, 0.3) is 0 Å². The van der Waals surface area contributed by atoms with Crippen LogP contribution >= 0.6 is 0 Å². The van der Waals surface area contributed by atoms with Crippen molar-refractivity contribution in [1.29, 1.82) is 0 Å². The van der Waals surface area contributed by atoms with Crippen molar-refractivity contribution in [3.05, 3.63) is 52.4 Å². The highest BCUT2D eigenvalue weighted by Gasteiger charge is 2.16. The average molecular weight is 301 g/mol. The predicted octanol–water partition coefficient (Wildman–Crippen LogP) is 2.75. The molecule has 0 atom stereocenters. The van der Waals surface area contributed by atoms with Crippen LogP contribution < -0.4 is 0 Å². The first-order valence-corrected chi connectivity index (χ1v) is 6.55. The summed E-state index contributed by atoms with van der Waals surface area (Å²) in [6.07, 6.45) is -0.0933. The summed E-state index contributed by atoms with van der Waals surface area (Å²) in [7, 11) is 1.26. The van der Waals surface area contributed by atoms with Gasteiger partial charge in [-0.3, -0.25) is 4.79 Å². The van der Waals surface area contributed by atoms with Crippen molar-refractivity contribution in [2.24, 2.45) is 5.18 Å². The summed E-state index contributed by atoms with van der Waals surface area (Å²) in [6, 6.07) is 9.50. The third kappa shape index (κ3) is 3.41. The Morgan fingerprint density at radius 1 is 1.23 bits per heavy atom. The lowest BCUT2D eigenvalue weighted by Gasteiger charge is -2.13. The third-order valence-electron chi connectivity index (χ3n) is 3.21.